The van der Waals surface area contributed by atoms with Gasteiger partial charge in [0.1, 0.15) is 5.69 Å². The number of benzene rings is 1. The molecule has 0 saturated heterocycles. The molecule has 2 rings (SSSR count). The molecule has 1 heterocycles. The van der Waals surface area contributed by atoms with Gasteiger partial charge >= 0.3 is 0 Å². The molecular formula is C12H11ClN4O2. The van der Waals surface area contributed by atoms with E-state index in [2.05, 4.69) is 10.2 Å². The Bertz CT molecular complexity index is 663. The molecule has 0 radical (unpaired) electrons. The molecule has 7 heteroatoms. The van der Waals surface area contributed by atoms with Crippen molar-refractivity contribution in [3.8, 4) is 0 Å². The number of aromatic amines is 1. The zero-order valence-electron chi connectivity index (χ0n) is 10.1. The summed E-state index contributed by atoms with van der Waals surface area (Å²) in [5, 5.41) is 6.35. The third-order valence-corrected chi connectivity index (χ3v) is 2.79. The van der Waals surface area contributed by atoms with Gasteiger partial charge in [0, 0.05) is 18.1 Å². The van der Waals surface area contributed by atoms with Gasteiger partial charge in [0.05, 0.1) is 11.4 Å². The Hall–Kier alpha value is -2.34. The highest BCUT2D eigenvalue weighted by Gasteiger charge is 2.17. The maximum atomic E-state index is 12.2. The number of carbonyl (C=O) groups is 1. The standard InChI is InChI=1S/C12H11ClN4O2/c1-17(10-6-7(13)2-3-8(10)14)12(19)9-4-5-11(18)16-15-9/h2-6H,14H2,1H3,(H,16,18). The second-order valence-electron chi connectivity index (χ2n) is 3.87. The van der Waals surface area contributed by atoms with Crippen molar-refractivity contribution in [3.05, 3.63) is 51.4 Å². The number of amides is 1. The third-order valence-electron chi connectivity index (χ3n) is 2.56. The van der Waals surface area contributed by atoms with E-state index >= 15 is 0 Å². The molecule has 1 aromatic heterocycles. The Kier molecular flexibility index (Phi) is 3.52. The number of anilines is 2. The highest BCUT2D eigenvalue weighted by atomic mass is 35.5. The number of H-pyrrole nitrogens is 1. The fourth-order valence-corrected chi connectivity index (χ4v) is 1.72. The Morgan fingerprint density at radius 3 is 2.74 bits per heavy atom. The van der Waals surface area contributed by atoms with Gasteiger partial charge in [-0.1, -0.05) is 11.6 Å². The molecule has 98 valence electrons. The van der Waals surface area contributed by atoms with Crippen molar-refractivity contribution in [2.75, 3.05) is 17.7 Å². The van der Waals surface area contributed by atoms with Crippen LogP contribution < -0.4 is 16.2 Å². The van der Waals surface area contributed by atoms with E-state index in [1.54, 1.807) is 25.2 Å². The van der Waals surface area contributed by atoms with E-state index in [0.29, 0.717) is 16.4 Å². The van der Waals surface area contributed by atoms with Crippen molar-refractivity contribution in [3.63, 3.8) is 0 Å². The molecule has 2 aromatic rings. The van der Waals surface area contributed by atoms with Crippen LogP contribution in [0.15, 0.2) is 35.1 Å². The van der Waals surface area contributed by atoms with Crippen LogP contribution in [0.25, 0.3) is 0 Å². The van der Waals surface area contributed by atoms with Crippen LogP contribution in [0.5, 0.6) is 0 Å². The number of carbonyl (C=O) groups excluding carboxylic acids is 1. The number of nitrogens with one attached hydrogen (secondary N) is 1. The molecule has 1 amide bonds. The summed E-state index contributed by atoms with van der Waals surface area (Å²) in [6, 6.07) is 7.41. The Balaban J connectivity index is 2.35. The molecule has 0 aliphatic heterocycles. The predicted octanol–water partition coefficient (Wildman–Crippen LogP) is 1.28. The van der Waals surface area contributed by atoms with Crippen LogP contribution in [0, 0.1) is 0 Å². The fourth-order valence-electron chi connectivity index (χ4n) is 1.55. The smallest absolute Gasteiger partial charge is 0.278 e. The molecule has 1 aromatic carbocycles. The lowest BCUT2D eigenvalue weighted by molar-refractivity contribution is 0.0987. The Morgan fingerprint density at radius 1 is 1.37 bits per heavy atom. The van der Waals surface area contributed by atoms with E-state index in [1.807, 2.05) is 0 Å². The molecule has 3 N–H and O–H groups in total. The number of nitrogens with zero attached hydrogens (tertiary/aromatic N) is 2. The van der Waals surface area contributed by atoms with Crippen molar-refractivity contribution >= 4 is 28.9 Å². The third kappa shape index (κ3) is 2.74. The SMILES string of the molecule is CN(C(=O)c1ccc(=O)[nH]n1)c1cc(Cl)ccc1N. The summed E-state index contributed by atoms with van der Waals surface area (Å²) >= 11 is 5.88. The highest BCUT2D eigenvalue weighted by Crippen LogP contribution is 2.26. The van der Waals surface area contributed by atoms with Gasteiger partial charge in [0.2, 0.25) is 0 Å². The van der Waals surface area contributed by atoms with Crippen LogP contribution in [0.1, 0.15) is 10.5 Å². The van der Waals surface area contributed by atoms with Crippen LogP contribution in [0.2, 0.25) is 5.02 Å². The number of nitrogens with two attached hydrogens (primary N) is 1. The molecule has 19 heavy (non-hydrogen) atoms. The zero-order valence-corrected chi connectivity index (χ0v) is 10.8. The number of hydrogen-bond acceptors (Lipinski definition) is 4. The second-order valence-corrected chi connectivity index (χ2v) is 4.31. The fraction of sp³-hybridized carbons (Fsp3) is 0.0833. The highest BCUT2D eigenvalue weighted by molar-refractivity contribution is 6.31. The summed E-state index contributed by atoms with van der Waals surface area (Å²) in [4.78, 5) is 24.4. The molecule has 0 fully saturated rings. The van der Waals surface area contributed by atoms with Gasteiger partial charge in [-0.15, -0.1) is 0 Å². The van der Waals surface area contributed by atoms with E-state index < -0.39 is 5.91 Å². The van der Waals surface area contributed by atoms with Gasteiger partial charge in [-0.05, 0) is 24.3 Å². The maximum Gasteiger partial charge on any atom is 0.278 e. The van der Waals surface area contributed by atoms with Gasteiger partial charge in [0.25, 0.3) is 11.5 Å². The summed E-state index contributed by atoms with van der Waals surface area (Å²) in [6.45, 7) is 0. The lowest BCUT2D eigenvalue weighted by atomic mass is 10.2. The average molecular weight is 279 g/mol. The molecular weight excluding hydrogens is 268 g/mol. The molecule has 6 nitrogen and oxygen atoms in total. The first-order chi connectivity index (χ1) is 8.99. The first-order valence-electron chi connectivity index (χ1n) is 5.38. The van der Waals surface area contributed by atoms with Crippen LogP contribution in [-0.4, -0.2) is 23.2 Å². The molecule has 0 bridgehead atoms. The molecule has 0 saturated carbocycles. The lowest BCUT2D eigenvalue weighted by Crippen LogP contribution is -2.28. The maximum absolute atomic E-state index is 12.2. The van der Waals surface area contributed by atoms with E-state index in [1.165, 1.54) is 17.0 Å². The number of halogens is 1. The van der Waals surface area contributed by atoms with Crippen molar-refractivity contribution in [1.29, 1.82) is 0 Å². The largest absolute Gasteiger partial charge is 0.397 e. The quantitative estimate of drug-likeness (QED) is 0.810. The van der Waals surface area contributed by atoms with Crippen molar-refractivity contribution in [2.45, 2.75) is 0 Å². The van der Waals surface area contributed by atoms with Gasteiger partial charge in [-0.3, -0.25) is 9.59 Å². The molecule has 0 atom stereocenters. The van der Waals surface area contributed by atoms with Crippen molar-refractivity contribution in [2.24, 2.45) is 0 Å². The normalized spacial score (nSPS) is 10.2. The Labute approximate surface area is 113 Å². The molecule has 0 spiro atoms. The van der Waals surface area contributed by atoms with E-state index in [9.17, 15) is 9.59 Å². The molecule has 0 unspecified atom stereocenters. The van der Waals surface area contributed by atoms with Crippen LogP contribution >= 0.6 is 11.6 Å². The molecule has 0 aliphatic carbocycles. The van der Waals surface area contributed by atoms with E-state index in [0.717, 1.165) is 0 Å². The number of rotatable bonds is 2. The van der Waals surface area contributed by atoms with Gasteiger partial charge in [-0.2, -0.15) is 5.10 Å². The summed E-state index contributed by atoms with van der Waals surface area (Å²) in [5.41, 5.74) is 6.44. The van der Waals surface area contributed by atoms with Gasteiger partial charge in [0.15, 0.2) is 0 Å². The lowest BCUT2D eigenvalue weighted by Gasteiger charge is -2.18. The first kappa shape index (κ1) is 13.1. The zero-order chi connectivity index (χ0) is 14.0. The number of aromatic nitrogens is 2. The minimum atomic E-state index is -0.398. The van der Waals surface area contributed by atoms with Crippen LogP contribution in [0.4, 0.5) is 11.4 Å². The van der Waals surface area contributed by atoms with Gasteiger partial charge < -0.3 is 10.6 Å². The first-order valence-corrected chi connectivity index (χ1v) is 5.75. The summed E-state index contributed by atoms with van der Waals surface area (Å²) in [7, 11) is 1.55. The number of nitrogen functional groups attached to an aromatic ring is 1. The van der Waals surface area contributed by atoms with Crippen molar-refractivity contribution < 1.29 is 4.79 Å². The predicted molar refractivity (Wildman–Crippen MR) is 73.5 cm³/mol. The summed E-state index contributed by atoms with van der Waals surface area (Å²) < 4.78 is 0. The van der Waals surface area contributed by atoms with Gasteiger partial charge in [-0.25, -0.2) is 5.10 Å². The Morgan fingerprint density at radius 2 is 2.11 bits per heavy atom. The monoisotopic (exact) mass is 278 g/mol. The summed E-state index contributed by atoms with van der Waals surface area (Å²) in [6.07, 6.45) is 0. The number of hydrogen-bond donors (Lipinski definition) is 2. The van der Waals surface area contributed by atoms with E-state index in [-0.39, 0.29) is 11.3 Å². The van der Waals surface area contributed by atoms with Crippen molar-refractivity contribution in [1.82, 2.24) is 10.2 Å². The molecule has 0 aliphatic rings. The minimum absolute atomic E-state index is 0.112. The summed E-state index contributed by atoms with van der Waals surface area (Å²) in [5.74, 6) is -0.398. The van der Waals surface area contributed by atoms with E-state index in [4.69, 9.17) is 17.3 Å². The second kappa shape index (κ2) is 5.11. The van der Waals surface area contributed by atoms with Crippen LogP contribution in [-0.2, 0) is 0 Å². The minimum Gasteiger partial charge on any atom is -0.397 e. The average Bonchev–Trinajstić information content (AvgIpc) is 2.41. The van der Waals surface area contributed by atoms with Crippen LogP contribution in [0.3, 0.4) is 0 Å². The topological polar surface area (TPSA) is 92.1 Å².